The second kappa shape index (κ2) is 6.26. The fraction of sp³-hybridized carbons (Fsp3) is 0.118. The Morgan fingerprint density at radius 1 is 1.12 bits per heavy atom. The van der Waals surface area contributed by atoms with Crippen molar-refractivity contribution in [3.05, 3.63) is 63.1 Å². The van der Waals surface area contributed by atoms with Gasteiger partial charge in [0, 0.05) is 10.7 Å². The van der Waals surface area contributed by atoms with Crippen molar-refractivity contribution < 1.29 is 14.4 Å². The highest BCUT2D eigenvalue weighted by atomic mass is 35.5. The number of imide groups is 1. The van der Waals surface area contributed by atoms with Gasteiger partial charge in [-0.25, -0.2) is 0 Å². The maximum Gasteiger partial charge on any atom is 0.263 e. The third kappa shape index (κ3) is 2.88. The molecule has 2 aromatic carbocycles. The van der Waals surface area contributed by atoms with Crippen molar-refractivity contribution in [2.45, 2.75) is 6.92 Å². The highest BCUT2D eigenvalue weighted by Gasteiger charge is 2.38. The number of benzene rings is 2. The average Bonchev–Trinajstić information content (AvgIpc) is 2.76. The van der Waals surface area contributed by atoms with Gasteiger partial charge >= 0.3 is 0 Å². The molecule has 0 bridgehead atoms. The molecule has 1 heterocycles. The van der Waals surface area contributed by atoms with Crippen molar-refractivity contribution >= 4 is 46.6 Å². The minimum atomic E-state index is -0.566. The molecule has 0 saturated heterocycles. The SMILES string of the molecule is Cc1cc(Cl)ccc1NC(=O)CN1C(=O)c2cccc(Cl)c2C1=O. The van der Waals surface area contributed by atoms with Crippen molar-refractivity contribution in [2.75, 3.05) is 11.9 Å². The van der Waals surface area contributed by atoms with E-state index in [2.05, 4.69) is 5.32 Å². The number of hydrogen-bond acceptors (Lipinski definition) is 3. The van der Waals surface area contributed by atoms with Gasteiger partial charge in [-0.2, -0.15) is 0 Å². The van der Waals surface area contributed by atoms with Gasteiger partial charge in [0.15, 0.2) is 0 Å². The first-order valence-corrected chi connectivity index (χ1v) is 7.85. The predicted molar refractivity (Wildman–Crippen MR) is 91.6 cm³/mol. The van der Waals surface area contributed by atoms with Crippen LogP contribution in [0.1, 0.15) is 26.3 Å². The van der Waals surface area contributed by atoms with E-state index in [-0.39, 0.29) is 22.7 Å². The first kappa shape index (κ1) is 16.5. The Morgan fingerprint density at radius 3 is 2.54 bits per heavy atom. The molecule has 1 aliphatic heterocycles. The molecule has 5 nitrogen and oxygen atoms in total. The second-order valence-corrected chi connectivity index (χ2v) is 6.21. The van der Waals surface area contributed by atoms with Gasteiger partial charge in [-0.05, 0) is 42.8 Å². The van der Waals surface area contributed by atoms with Crippen LogP contribution in [0.3, 0.4) is 0 Å². The van der Waals surface area contributed by atoms with E-state index in [1.807, 2.05) is 0 Å². The number of halogens is 2. The molecule has 0 atom stereocenters. The van der Waals surface area contributed by atoms with E-state index >= 15 is 0 Å². The summed E-state index contributed by atoms with van der Waals surface area (Å²) in [4.78, 5) is 37.8. The van der Waals surface area contributed by atoms with E-state index in [1.54, 1.807) is 31.2 Å². The molecule has 3 amide bonds. The highest BCUT2D eigenvalue weighted by molar-refractivity contribution is 6.37. The van der Waals surface area contributed by atoms with Crippen molar-refractivity contribution in [2.24, 2.45) is 0 Å². The van der Waals surface area contributed by atoms with Crippen LogP contribution in [0.2, 0.25) is 10.0 Å². The molecule has 3 rings (SSSR count). The number of hydrogen-bond donors (Lipinski definition) is 1. The summed E-state index contributed by atoms with van der Waals surface area (Å²) in [6.45, 7) is 1.41. The molecule has 0 aliphatic carbocycles. The molecular weight excluding hydrogens is 351 g/mol. The van der Waals surface area contributed by atoms with E-state index in [4.69, 9.17) is 23.2 Å². The first-order chi connectivity index (χ1) is 11.4. The number of nitrogens with one attached hydrogen (secondary N) is 1. The van der Waals surface area contributed by atoms with Gasteiger partial charge in [0.2, 0.25) is 5.91 Å². The van der Waals surface area contributed by atoms with Crippen LogP contribution in [-0.4, -0.2) is 29.2 Å². The molecular formula is C17H12Cl2N2O3. The van der Waals surface area contributed by atoms with Gasteiger partial charge < -0.3 is 5.32 Å². The predicted octanol–water partition coefficient (Wildman–Crippen LogP) is 3.54. The van der Waals surface area contributed by atoms with E-state index in [9.17, 15) is 14.4 Å². The quantitative estimate of drug-likeness (QED) is 0.849. The average molecular weight is 363 g/mol. The highest BCUT2D eigenvalue weighted by Crippen LogP contribution is 2.29. The molecule has 0 fully saturated rings. The van der Waals surface area contributed by atoms with Gasteiger partial charge in [0.25, 0.3) is 11.8 Å². The Balaban J connectivity index is 1.77. The fourth-order valence-electron chi connectivity index (χ4n) is 2.54. The number of nitrogens with zero attached hydrogens (tertiary/aromatic N) is 1. The molecule has 0 spiro atoms. The van der Waals surface area contributed by atoms with E-state index in [0.29, 0.717) is 10.7 Å². The number of rotatable bonds is 3. The first-order valence-electron chi connectivity index (χ1n) is 7.09. The molecule has 7 heteroatoms. The molecule has 1 N–H and O–H groups in total. The van der Waals surface area contributed by atoms with Gasteiger partial charge in [0.1, 0.15) is 6.54 Å². The minimum Gasteiger partial charge on any atom is -0.324 e. The molecule has 0 aromatic heterocycles. The monoisotopic (exact) mass is 362 g/mol. The van der Waals surface area contributed by atoms with Crippen molar-refractivity contribution in [1.29, 1.82) is 0 Å². The third-order valence-corrected chi connectivity index (χ3v) is 4.26. The molecule has 0 radical (unpaired) electrons. The lowest BCUT2D eigenvalue weighted by Gasteiger charge is -2.14. The van der Waals surface area contributed by atoms with Gasteiger partial charge in [0.05, 0.1) is 16.1 Å². The lowest BCUT2D eigenvalue weighted by molar-refractivity contribution is -0.116. The maximum atomic E-state index is 12.4. The lowest BCUT2D eigenvalue weighted by Crippen LogP contribution is -2.37. The van der Waals surface area contributed by atoms with Gasteiger partial charge in [-0.3, -0.25) is 19.3 Å². The maximum absolute atomic E-state index is 12.4. The summed E-state index contributed by atoms with van der Waals surface area (Å²) in [5.74, 6) is -1.57. The Morgan fingerprint density at radius 2 is 1.88 bits per heavy atom. The van der Waals surface area contributed by atoms with Crippen molar-refractivity contribution in [1.82, 2.24) is 4.90 Å². The Hall–Kier alpha value is -2.37. The number of carbonyl (C=O) groups is 3. The van der Waals surface area contributed by atoms with Crippen LogP contribution in [0, 0.1) is 6.92 Å². The largest absolute Gasteiger partial charge is 0.324 e. The Kier molecular flexibility index (Phi) is 4.30. The molecule has 2 aromatic rings. The van der Waals surface area contributed by atoms with Crippen LogP contribution in [0.4, 0.5) is 5.69 Å². The zero-order valence-corrected chi connectivity index (χ0v) is 14.1. The van der Waals surface area contributed by atoms with Crippen LogP contribution in [0.5, 0.6) is 0 Å². The summed E-state index contributed by atoms with van der Waals surface area (Å²) in [6.07, 6.45) is 0. The zero-order valence-electron chi connectivity index (χ0n) is 12.6. The van der Waals surface area contributed by atoms with Crippen LogP contribution >= 0.6 is 23.2 Å². The minimum absolute atomic E-state index is 0.139. The zero-order chi connectivity index (χ0) is 17.4. The topological polar surface area (TPSA) is 66.5 Å². The number of aryl methyl sites for hydroxylation is 1. The number of amides is 3. The normalized spacial score (nSPS) is 13.2. The smallest absolute Gasteiger partial charge is 0.263 e. The number of anilines is 1. The number of fused-ring (bicyclic) bond motifs is 1. The van der Waals surface area contributed by atoms with Gasteiger partial charge in [-0.15, -0.1) is 0 Å². The fourth-order valence-corrected chi connectivity index (χ4v) is 3.02. The van der Waals surface area contributed by atoms with E-state index in [1.165, 1.54) is 12.1 Å². The summed E-state index contributed by atoms with van der Waals surface area (Å²) >= 11 is 11.9. The van der Waals surface area contributed by atoms with E-state index < -0.39 is 17.7 Å². The Bertz CT molecular complexity index is 880. The van der Waals surface area contributed by atoms with Crippen LogP contribution < -0.4 is 5.32 Å². The molecule has 122 valence electrons. The van der Waals surface area contributed by atoms with E-state index in [0.717, 1.165) is 10.5 Å². The van der Waals surface area contributed by atoms with Crippen molar-refractivity contribution in [3.8, 4) is 0 Å². The van der Waals surface area contributed by atoms with Crippen LogP contribution in [0.25, 0.3) is 0 Å². The molecule has 1 aliphatic rings. The molecule has 0 saturated carbocycles. The third-order valence-electron chi connectivity index (χ3n) is 3.71. The van der Waals surface area contributed by atoms with Crippen LogP contribution in [-0.2, 0) is 4.79 Å². The summed E-state index contributed by atoms with van der Waals surface area (Å²) in [7, 11) is 0. The van der Waals surface area contributed by atoms with Crippen molar-refractivity contribution in [3.63, 3.8) is 0 Å². The lowest BCUT2D eigenvalue weighted by atomic mass is 10.1. The standard InChI is InChI=1S/C17H12Cl2N2O3/c1-9-7-10(18)5-6-13(9)20-14(22)8-21-16(23)11-3-2-4-12(19)15(11)17(21)24/h2-7H,8H2,1H3,(H,20,22). The van der Waals surface area contributed by atoms with Crippen LogP contribution in [0.15, 0.2) is 36.4 Å². The summed E-state index contributed by atoms with van der Waals surface area (Å²) in [5, 5.41) is 3.42. The summed E-state index contributed by atoms with van der Waals surface area (Å²) < 4.78 is 0. The van der Waals surface area contributed by atoms with Gasteiger partial charge in [-0.1, -0.05) is 29.3 Å². The molecule has 0 unspecified atom stereocenters. The summed E-state index contributed by atoms with van der Waals surface area (Å²) in [5.41, 5.74) is 1.70. The second-order valence-electron chi connectivity index (χ2n) is 5.37. The Labute approximate surface area is 148 Å². The molecule has 24 heavy (non-hydrogen) atoms. The number of carbonyl (C=O) groups excluding carboxylic acids is 3. The summed E-state index contributed by atoms with van der Waals surface area (Å²) in [6, 6.07) is 9.65.